The second kappa shape index (κ2) is 14.7. The first kappa shape index (κ1) is 28.6. The van der Waals surface area contributed by atoms with Gasteiger partial charge in [-0.05, 0) is 53.6 Å². The summed E-state index contributed by atoms with van der Waals surface area (Å²) in [5.41, 5.74) is 1.43. The summed E-state index contributed by atoms with van der Waals surface area (Å²) >= 11 is 0. The van der Waals surface area contributed by atoms with Crippen LogP contribution in [-0.4, -0.2) is 69.9 Å². The first-order chi connectivity index (χ1) is 18.4. The minimum absolute atomic E-state index is 0.0239. The molecule has 1 atom stereocenters. The van der Waals surface area contributed by atoms with Gasteiger partial charge < -0.3 is 28.9 Å². The van der Waals surface area contributed by atoms with Gasteiger partial charge in [0.15, 0.2) is 11.6 Å². The van der Waals surface area contributed by atoms with E-state index in [1.165, 1.54) is 32.4 Å². The molecule has 8 nitrogen and oxygen atoms in total. The zero-order valence-corrected chi connectivity index (χ0v) is 21.6. The molecule has 3 rings (SSSR count). The van der Waals surface area contributed by atoms with Gasteiger partial charge in [-0.1, -0.05) is 36.4 Å². The molecule has 1 unspecified atom stereocenters. The number of halogens is 1. The predicted molar refractivity (Wildman–Crippen MR) is 141 cm³/mol. The van der Waals surface area contributed by atoms with Crippen LogP contribution in [0.15, 0.2) is 72.8 Å². The van der Waals surface area contributed by atoms with Gasteiger partial charge >= 0.3 is 5.97 Å². The van der Waals surface area contributed by atoms with Crippen LogP contribution in [0.25, 0.3) is 11.6 Å². The van der Waals surface area contributed by atoms with E-state index in [2.05, 4.69) is 0 Å². The fourth-order valence-corrected chi connectivity index (χ4v) is 3.51. The van der Waals surface area contributed by atoms with Crippen molar-refractivity contribution >= 4 is 17.6 Å². The lowest BCUT2D eigenvalue weighted by atomic mass is 10.0. The minimum atomic E-state index is -0.839. The largest absolute Gasteiger partial charge is 0.494 e. The summed E-state index contributed by atoms with van der Waals surface area (Å²) in [6.07, 6.45) is 0.753. The molecule has 38 heavy (non-hydrogen) atoms. The van der Waals surface area contributed by atoms with Crippen LogP contribution in [0.1, 0.15) is 11.1 Å². The van der Waals surface area contributed by atoms with Gasteiger partial charge in [-0.3, -0.25) is 0 Å². The zero-order chi connectivity index (χ0) is 27.3. The fourth-order valence-electron chi connectivity index (χ4n) is 3.51. The number of esters is 1. The van der Waals surface area contributed by atoms with Gasteiger partial charge in [0.05, 0.1) is 39.5 Å². The monoisotopic (exact) mass is 525 g/mol. The van der Waals surface area contributed by atoms with Crippen molar-refractivity contribution in [2.24, 2.45) is 0 Å². The predicted octanol–water partition coefficient (Wildman–Crippen LogP) is 4.23. The molecule has 0 saturated carbocycles. The Bertz CT molecular complexity index is 1190. The number of hydrogen-bond donors (Lipinski definition) is 1. The number of rotatable bonds is 14. The van der Waals surface area contributed by atoms with Crippen LogP contribution in [0.5, 0.6) is 17.2 Å². The first-order valence-corrected chi connectivity index (χ1v) is 11.9. The number of para-hydroxylation sites is 1. The molecule has 0 saturated heterocycles. The highest BCUT2D eigenvalue weighted by Gasteiger charge is 2.16. The molecule has 9 heteroatoms. The average molecular weight is 526 g/mol. The van der Waals surface area contributed by atoms with E-state index in [-0.39, 0.29) is 24.5 Å². The van der Waals surface area contributed by atoms with Crippen molar-refractivity contribution in [3.8, 4) is 17.2 Å². The van der Waals surface area contributed by atoms with E-state index >= 15 is 0 Å². The fraction of sp³-hybridized carbons (Fsp3) is 0.276. The molecule has 0 aromatic heterocycles. The summed E-state index contributed by atoms with van der Waals surface area (Å²) in [6.45, 7) is 1.12. The highest BCUT2D eigenvalue weighted by Crippen LogP contribution is 2.25. The third kappa shape index (κ3) is 8.58. The summed E-state index contributed by atoms with van der Waals surface area (Å²) in [4.78, 5) is 18.3. The van der Waals surface area contributed by atoms with Crippen LogP contribution in [0.2, 0.25) is 0 Å². The van der Waals surface area contributed by atoms with E-state index in [0.29, 0.717) is 35.8 Å². The van der Waals surface area contributed by atoms with Gasteiger partial charge in [0, 0.05) is 7.11 Å². The zero-order valence-electron chi connectivity index (χ0n) is 21.6. The number of aliphatic hydroxyl groups excluding tert-OH is 1. The van der Waals surface area contributed by atoms with E-state index in [1.54, 1.807) is 42.5 Å². The Morgan fingerprint density at radius 2 is 1.74 bits per heavy atom. The summed E-state index contributed by atoms with van der Waals surface area (Å²) in [7, 11) is 4.26. The normalized spacial score (nSPS) is 12.2. The Morgan fingerprint density at radius 1 is 1.00 bits per heavy atom. The summed E-state index contributed by atoms with van der Waals surface area (Å²) in [5.74, 6) is 0.183. The standard InChI is InChI=1S/C29H32FNO7/c1-34-16-15-31(38-25-7-5-4-6-8-25)19-23(32)20-37-24-12-10-22(11-13-24)26(29(33)36-3)17-21-9-14-27(30)28(18-21)35-2/h4-14,17-18,23,32H,15-16,19-20H2,1-3H3/b26-17+. The molecule has 0 amide bonds. The smallest absolute Gasteiger partial charge is 0.338 e. The highest BCUT2D eigenvalue weighted by molar-refractivity contribution is 6.21. The van der Waals surface area contributed by atoms with Crippen LogP contribution < -0.4 is 14.3 Å². The van der Waals surface area contributed by atoms with Crippen LogP contribution in [-0.2, 0) is 14.3 Å². The number of hydrogen-bond acceptors (Lipinski definition) is 8. The molecular weight excluding hydrogens is 493 g/mol. The third-order valence-corrected chi connectivity index (χ3v) is 5.44. The molecular formula is C29H32FNO7. The van der Waals surface area contributed by atoms with Gasteiger partial charge in [0.25, 0.3) is 0 Å². The molecule has 0 aliphatic rings. The molecule has 0 bridgehead atoms. The molecule has 0 aliphatic carbocycles. The molecule has 3 aromatic rings. The number of carbonyl (C=O) groups is 1. The maximum atomic E-state index is 13.8. The second-order valence-corrected chi connectivity index (χ2v) is 8.22. The number of ether oxygens (including phenoxy) is 4. The van der Waals surface area contributed by atoms with Crippen molar-refractivity contribution in [1.29, 1.82) is 0 Å². The van der Waals surface area contributed by atoms with E-state index in [0.717, 1.165) is 0 Å². The van der Waals surface area contributed by atoms with Gasteiger partial charge in [-0.15, -0.1) is 5.06 Å². The van der Waals surface area contributed by atoms with E-state index in [4.69, 9.17) is 23.8 Å². The molecule has 0 spiro atoms. The highest BCUT2D eigenvalue weighted by atomic mass is 19.1. The molecule has 3 aromatic carbocycles. The number of hydroxylamine groups is 2. The lowest BCUT2D eigenvalue weighted by molar-refractivity contribution is -0.133. The molecule has 202 valence electrons. The Morgan fingerprint density at radius 3 is 2.39 bits per heavy atom. The maximum Gasteiger partial charge on any atom is 0.338 e. The maximum absolute atomic E-state index is 13.8. The van der Waals surface area contributed by atoms with Crippen molar-refractivity contribution < 1.29 is 38.1 Å². The summed E-state index contributed by atoms with van der Waals surface area (Å²) in [5, 5.41) is 12.2. The van der Waals surface area contributed by atoms with Crippen LogP contribution >= 0.6 is 0 Å². The number of carbonyl (C=O) groups excluding carboxylic acids is 1. The number of methoxy groups -OCH3 is 3. The Hall–Kier alpha value is -3.92. The number of benzene rings is 3. The second-order valence-electron chi connectivity index (χ2n) is 8.22. The van der Waals surface area contributed by atoms with Crippen molar-refractivity contribution in [2.45, 2.75) is 6.10 Å². The van der Waals surface area contributed by atoms with Crippen molar-refractivity contribution in [1.82, 2.24) is 5.06 Å². The van der Waals surface area contributed by atoms with Gasteiger partial charge in [-0.25, -0.2) is 9.18 Å². The molecule has 0 aliphatic heterocycles. The summed E-state index contributed by atoms with van der Waals surface area (Å²) < 4.78 is 34.6. The lowest BCUT2D eigenvalue weighted by Crippen LogP contribution is -2.39. The molecule has 0 fully saturated rings. The number of aliphatic hydroxyl groups is 1. The van der Waals surface area contributed by atoms with Crippen LogP contribution in [0, 0.1) is 5.82 Å². The topological polar surface area (TPSA) is 86.7 Å². The quantitative estimate of drug-likeness (QED) is 0.145. The summed E-state index contributed by atoms with van der Waals surface area (Å²) in [6, 6.07) is 20.4. The van der Waals surface area contributed by atoms with Crippen molar-refractivity contribution in [2.75, 3.05) is 47.6 Å². The Kier molecular flexibility index (Phi) is 11.1. The molecule has 0 radical (unpaired) electrons. The van der Waals surface area contributed by atoms with E-state index in [9.17, 15) is 14.3 Å². The van der Waals surface area contributed by atoms with Gasteiger partial charge in [0.1, 0.15) is 24.2 Å². The average Bonchev–Trinajstić information content (AvgIpc) is 2.94. The van der Waals surface area contributed by atoms with E-state index in [1.807, 2.05) is 30.3 Å². The Labute approximate surface area is 221 Å². The minimum Gasteiger partial charge on any atom is -0.494 e. The Balaban J connectivity index is 1.64. The number of nitrogens with zero attached hydrogens (tertiary/aromatic N) is 1. The first-order valence-electron chi connectivity index (χ1n) is 11.9. The SMILES string of the molecule is COCCN(CC(O)COc1ccc(/C(=C\c2ccc(F)c(OC)c2)C(=O)OC)cc1)Oc1ccccc1. The van der Waals surface area contributed by atoms with Crippen molar-refractivity contribution in [3.63, 3.8) is 0 Å². The van der Waals surface area contributed by atoms with Crippen LogP contribution in [0.3, 0.4) is 0 Å². The molecule has 0 heterocycles. The van der Waals surface area contributed by atoms with Gasteiger partial charge in [-0.2, -0.15) is 0 Å². The lowest BCUT2D eigenvalue weighted by Gasteiger charge is -2.24. The molecule has 1 N–H and O–H groups in total. The van der Waals surface area contributed by atoms with Gasteiger partial charge in [0.2, 0.25) is 0 Å². The van der Waals surface area contributed by atoms with Crippen molar-refractivity contribution in [3.05, 3.63) is 89.7 Å². The van der Waals surface area contributed by atoms with Crippen LogP contribution in [0.4, 0.5) is 4.39 Å². The van der Waals surface area contributed by atoms with E-state index < -0.39 is 17.9 Å². The third-order valence-electron chi connectivity index (χ3n) is 5.44.